The number of nitrogens with zero attached hydrogens (tertiary/aromatic N) is 4. The van der Waals surface area contributed by atoms with Crippen LogP contribution in [0.5, 0.6) is 0 Å². The zero-order chi connectivity index (χ0) is 17.6. The molecule has 25 heavy (non-hydrogen) atoms. The van der Waals surface area contributed by atoms with Gasteiger partial charge in [0.2, 0.25) is 16.9 Å². The van der Waals surface area contributed by atoms with Crippen LogP contribution in [-0.2, 0) is 9.59 Å². The molecule has 0 bridgehead atoms. The van der Waals surface area contributed by atoms with E-state index in [9.17, 15) is 9.59 Å². The van der Waals surface area contributed by atoms with Crippen LogP contribution in [0.3, 0.4) is 0 Å². The summed E-state index contributed by atoms with van der Waals surface area (Å²) < 4.78 is 0. The first-order chi connectivity index (χ1) is 12.1. The third kappa shape index (κ3) is 4.98. The minimum Gasteiger partial charge on any atom is -0.343 e. The highest BCUT2D eigenvalue weighted by Gasteiger charge is 2.27. The summed E-state index contributed by atoms with van der Waals surface area (Å²) in [7, 11) is 0. The predicted octanol–water partition coefficient (Wildman–Crippen LogP) is 1.98. The van der Waals surface area contributed by atoms with Gasteiger partial charge in [0, 0.05) is 19.5 Å². The summed E-state index contributed by atoms with van der Waals surface area (Å²) >= 11 is 1.33. The molecule has 2 amide bonds. The minimum atomic E-state index is -0.170. The summed E-state index contributed by atoms with van der Waals surface area (Å²) in [4.78, 5) is 28.7. The maximum absolute atomic E-state index is 12.3. The van der Waals surface area contributed by atoms with Crippen molar-refractivity contribution >= 4 is 28.3 Å². The molecule has 1 aromatic heterocycles. The average molecular weight is 366 g/mol. The Bertz CT molecular complexity index is 566. The highest BCUT2D eigenvalue weighted by molar-refractivity contribution is 7.13. The van der Waals surface area contributed by atoms with Gasteiger partial charge in [-0.25, -0.2) is 0 Å². The quantitative estimate of drug-likeness (QED) is 0.834. The second-order valence-electron chi connectivity index (χ2n) is 7.02. The molecule has 0 spiro atoms. The molecule has 0 unspecified atom stereocenters. The largest absolute Gasteiger partial charge is 0.343 e. The van der Waals surface area contributed by atoms with E-state index in [1.165, 1.54) is 11.3 Å². The van der Waals surface area contributed by atoms with Gasteiger partial charge in [0.1, 0.15) is 5.51 Å². The summed E-state index contributed by atoms with van der Waals surface area (Å²) in [5.74, 6) is 0.894. The molecule has 1 aromatic rings. The Hall–Kier alpha value is -1.54. The Morgan fingerprint density at radius 3 is 2.64 bits per heavy atom. The van der Waals surface area contributed by atoms with Gasteiger partial charge in [-0.2, -0.15) is 0 Å². The zero-order valence-corrected chi connectivity index (χ0v) is 15.6. The van der Waals surface area contributed by atoms with E-state index in [0.717, 1.165) is 58.3 Å². The number of hydrogen-bond acceptors (Lipinski definition) is 6. The van der Waals surface area contributed by atoms with E-state index in [1.54, 1.807) is 5.51 Å². The number of amides is 2. The lowest BCUT2D eigenvalue weighted by Gasteiger charge is -2.35. The third-order valence-corrected chi connectivity index (χ3v) is 6.00. The molecule has 138 valence electrons. The summed E-state index contributed by atoms with van der Waals surface area (Å²) in [5.41, 5.74) is 1.61. The maximum atomic E-state index is 12.3. The molecule has 1 atom stereocenters. The number of aromatic nitrogens is 2. The van der Waals surface area contributed by atoms with Crippen LogP contribution in [0.25, 0.3) is 0 Å². The summed E-state index contributed by atoms with van der Waals surface area (Å²) in [6.07, 6.45) is 6.09. The Labute approximate surface area is 152 Å². The molecule has 0 radical (unpaired) electrons. The number of carbonyl (C=O) groups is 2. The molecule has 8 heteroatoms. The molecule has 7 nitrogen and oxygen atoms in total. The Morgan fingerprint density at radius 1 is 1.28 bits per heavy atom. The molecule has 3 rings (SSSR count). The molecule has 3 heterocycles. The van der Waals surface area contributed by atoms with E-state index < -0.39 is 0 Å². The van der Waals surface area contributed by atoms with Crippen LogP contribution < -0.4 is 5.32 Å². The van der Waals surface area contributed by atoms with Crippen molar-refractivity contribution < 1.29 is 9.59 Å². The molecule has 1 N–H and O–H groups in total. The van der Waals surface area contributed by atoms with E-state index in [1.807, 2.05) is 11.8 Å². The van der Waals surface area contributed by atoms with E-state index >= 15 is 0 Å². The van der Waals surface area contributed by atoms with Crippen molar-refractivity contribution in [3.63, 3.8) is 0 Å². The lowest BCUT2D eigenvalue weighted by molar-refractivity contribution is -0.130. The van der Waals surface area contributed by atoms with Gasteiger partial charge in [0.15, 0.2) is 0 Å². The Morgan fingerprint density at radius 2 is 2.00 bits per heavy atom. The van der Waals surface area contributed by atoms with E-state index in [0.29, 0.717) is 23.4 Å². The maximum Gasteiger partial charge on any atom is 0.243 e. The number of rotatable bonds is 6. The van der Waals surface area contributed by atoms with Crippen LogP contribution in [0.4, 0.5) is 5.13 Å². The minimum absolute atomic E-state index is 0.0283. The number of nitrogens with one attached hydrogen (secondary N) is 1. The van der Waals surface area contributed by atoms with Crippen molar-refractivity contribution in [3.8, 4) is 0 Å². The normalized spacial score (nSPS) is 20.6. The molecule has 0 aromatic carbocycles. The molecular weight excluding hydrogens is 338 g/mol. The van der Waals surface area contributed by atoms with Crippen LogP contribution in [0.2, 0.25) is 0 Å². The highest BCUT2D eigenvalue weighted by Crippen LogP contribution is 2.24. The van der Waals surface area contributed by atoms with Gasteiger partial charge in [-0.3, -0.25) is 19.8 Å². The van der Waals surface area contributed by atoms with Crippen molar-refractivity contribution in [2.75, 3.05) is 31.5 Å². The van der Waals surface area contributed by atoms with E-state index in [4.69, 9.17) is 0 Å². The molecule has 2 aliphatic heterocycles. The van der Waals surface area contributed by atoms with Crippen LogP contribution >= 0.6 is 11.3 Å². The van der Waals surface area contributed by atoms with Gasteiger partial charge in [0.25, 0.3) is 0 Å². The number of piperidine rings is 1. The second kappa shape index (κ2) is 8.71. The van der Waals surface area contributed by atoms with Crippen molar-refractivity contribution in [1.82, 2.24) is 20.0 Å². The fourth-order valence-corrected chi connectivity index (χ4v) is 4.13. The van der Waals surface area contributed by atoms with Crippen molar-refractivity contribution in [2.24, 2.45) is 5.92 Å². The topological polar surface area (TPSA) is 78.4 Å². The van der Waals surface area contributed by atoms with Crippen LogP contribution in [0.15, 0.2) is 5.51 Å². The van der Waals surface area contributed by atoms with Gasteiger partial charge < -0.3 is 4.90 Å². The van der Waals surface area contributed by atoms with Crippen LogP contribution in [-0.4, -0.2) is 64.0 Å². The zero-order valence-electron chi connectivity index (χ0n) is 14.8. The standard InChI is InChI=1S/C17H27N5O2S/c1-13(16(24)19-17-20-18-12-25-17)21-10-6-14(7-11-21)4-5-15(23)22-8-2-3-9-22/h12-14H,2-11H2,1H3,(H,19,20,24)/t13-/m0/s1. The van der Waals surface area contributed by atoms with Gasteiger partial charge in [-0.05, 0) is 58.0 Å². The fourth-order valence-electron chi connectivity index (χ4n) is 3.68. The summed E-state index contributed by atoms with van der Waals surface area (Å²) in [6, 6.07) is -0.170. The van der Waals surface area contributed by atoms with E-state index in [2.05, 4.69) is 20.4 Å². The SMILES string of the molecule is C[C@@H](C(=O)Nc1nncs1)N1CCC(CCC(=O)N2CCCC2)CC1. The summed E-state index contributed by atoms with van der Waals surface area (Å²) in [5, 5.41) is 10.9. The molecule has 2 aliphatic rings. The van der Waals surface area contributed by atoms with Gasteiger partial charge >= 0.3 is 0 Å². The lowest BCUT2D eigenvalue weighted by Crippen LogP contribution is -2.46. The first-order valence-electron chi connectivity index (χ1n) is 9.22. The smallest absolute Gasteiger partial charge is 0.243 e. The Balaban J connectivity index is 1.37. The molecular formula is C17H27N5O2S. The molecule has 2 saturated heterocycles. The summed E-state index contributed by atoms with van der Waals surface area (Å²) in [6.45, 7) is 5.64. The molecule has 0 saturated carbocycles. The second-order valence-corrected chi connectivity index (χ2v) is 7.85. The van der Waals surface area contributed by atoms with E-state index in [-0.39, 0.29) is 11.9 Å². The number of anilines is 1. The van der Waals surface area contributed by atoms with Gasteiger partial charge in [-0.1, -0.05) is 11.3 Å². The van der Waals surface area contributed by atoms with Crippen molar-refractivity contribution in [2.45, 2.75) is 51.5 Å². The number of hydrogen-bond donors (Lipinski definition) is 1. The monoisotopic (exact) mass is 365 g/mol. The van der Waals surface area contributed by atoms with Crippen molar-refractivity contribution in [3.05, 3.63) is 5.51 Å². The Kier molecular flexibility index (Phi) is 6.36. The lowest BCUT2D eigenvalue weighted by atomic mass is 9.91. The first kappa shape index (κ1) is 18.3. The van der Waals surface area contributed by atoms with Crippen molar-refractivity contribution in [1.29, 1.82) is 0 Å². The van der Waals surface area contributed by atoms with Crippen LogP contribution in [0, 0.1) is 5.92 Å². The fraction of sp³-hybridized carbons (Fsp3) is 0.765. The highest BCUT2D eigenvalue weighted by atomic mass is 32.1. The molecule has 2 fully saturated rings. The number of likely N-dealkylation sites (tertiary alicyclic amines) is 2. The first-order valence-corrected chi connectivity index (χ1v) is 10.1. The van der Waals surface area contributed by atoms with Crippen LogP contribution in [0.1, 0.15) is 45.4 Å². The van der Waals surface area contributed by atoms with Gasteiger partial charge in [-0.15, -0.1) is 10.2 Å². The van der Waals surface area contributed by atoms with Gasteiger partial charge in [0.05, 0.1) is 6.04 Å². The predicted molar refractivity (Wildman–Crippen MR) is 97.3 cm³/mol. The average Bonchev–Trinajstić information content (AvgIpc) is 3.33. The third-order valence-electron chi connectivity index (χ3n) is 5.39. The molecule has 0 aliphatic carbocycles. The number of carbonyl (C=O) groups excluding carboxylic acids is 2.